The fraction of sp³-hybridized carbons (Fsp3) is 0.500. The quantitative estimate of drug-likeness (QED) is 0.901. The Labute approximate surface area is 119 Å². The van der Waals surface area contributed by atoms with Gasteiger partial charge in [-0.2, -0.15) is 0 Å². The Morgan fingerprint density at radius 1 is 1.16 bits per heavy atom. The maximum Gasteiger partial charge on any atom is 0.233 e. The van der Waals surface area contributed by atoms with Gasteiger partial charge in [-0.15, -0.1) is 0 Å². The van der Waals surface area contributed by atoms with E-state index in [0.717, 1.165) is 37.7 Å². The molecule has 5 heteroatoms. The van der Waals surface area contributed by atoms with E-state index in [4.69, 9.17) is 11.6 Å². The number of amides is 1. The highest BCUT2D eigenvalue weighted by molar-refractivity contribution is 6.30. The van der Waals surface area contributed by atoms with Crippen LogP contribution in [-0.4, -0.2) is 55.5 Å². The van der Waals surface area contributed by atoms with E-state index in [1.54, 1.807) is 7.05 Å². The second kappa shape index (κ2) is 6.89. The zero-order valence-electron chi connectivity index (χ0n) is 11.2. The first-order valence-corrected chi connectivity index (χ1v) is 6.95. The van der Waals surface area contributed by atoms with E-state index >= 15 is 0 Å². The Kier molecular flexibility index (Phi) is 5.19. The summed E-state index contributed by atoms with van der Waals surface area (Å²) in [6.45, 7) is 5.34. The normalized spacial score (nSPS) is 17.4. The van der Waals surface area contributed by atoms with Gasteiger partial charge in [-0.05, 0) is 17.7 Å². The molecule has 1 aromatic carbocycles. The molecule has 1 amide bonds. The largest absolute Gasteiger partial charge is 0.358 e. The third-order valence-electron chi connectivity index (χ3n) is 3.43. The van der Waals surface area contributed by atoms with Crippen LogP contribution in [0.1, 0.15) is 5.56 Å². The lowest BCUT2D eigenvalue weighted by Crippen LogP contribution is -2.48. The summed E-state index contributed by atoms with van der Waals surface area (Å²) >= 11 is 5.88. The van der Waals surface area contributed by atoms with Crippen LogP contribution in [0.2, 0.25) is 5.02 Å². The molecule has 2 rings (SSSR count). The molecule has 0 saturated carbocycles. The Morgan fingerprint density at radius 3 is 2.32 bits per heavy atom. The molecule has 104 valence electrons. The summed E-state index contributed by atoms with van der Waals surface area (Å²) in [5.41, 5.74) is 1.28. The minimum absolute atomic E-state index is 0.0890. The number of benzene rings is 1. The van der Waals surface area contributed by atoms with Crippen molar-refractivity contribution in [3.63, 3.8) is 0 Å². The molecule has 1 N–H and O–H groups in total. The standard InChI is InChI=1S/C14H20ClN3O/c1-16-14(19)11-18-8-6-17(7-9-18)10-12-2-4-13(15)5-3-12/h2-5H,6-11H2,1H3,(H,16,19). The first-order valence-electron chi connectivity index (χ1n) is 6.57. The molecule has 4 nitrogen and oxygen atoms in total. The van der Waals surface area contributed by atoms with E-state index in [-0.39, 0.29) is 5.91 Å². The number of hydrogen-bond acceptors (Lipinski definition) is 3. The minimum Gasteiger partial charge on any atom is -0.358 e. The molecule has 0 unspecified atom stereocenters. The molecule has 1 heterocycles. The van der Waals surface area contributed by atoms with Gasteiger partial charge in [-0.1, -0.05) is 23.7 Å². The fourth-order valence-corrected chi connectivity index (χ4v) is 2.36. The highest BCUT2D eigenvalue weighted by Crippen LogP contribution is 2.12. The molecule has 19 heavy (non-hydrogen) atoms. The summed E-state index contributed by atoms with van der Waals surface area (Å²) in [5, 5.41) is 3.44. The van der Waals surface area contributed by atoms with Crippen LogP contribution in [0, 0.1) is 0 Å². The van der Waals surface area contributed by atoms with Gasteiger partial charge >= 0.3 is 0 Å². The van der Waals surface area contributed by atoms with E-state index in [1.807, 2.05) is 12.1 Å². The molecule has 0 spiro atoms. The van der Waals surface area contributed by atoms with E-state index < -0.39 is 0 Å². The lowest BCUT2D eigenvalue weighted by molar-refractivity contribution is -0.122. The molecule has 0 atom stereocenters. The average molecular weight is 282 g/mol. The maximum absolute atomic E-state index is 11.3. The zero-order valence-corrected chi connectivity index (χ0v) is 12.0. The van der Waals surface area contributed by atoms with Crippen molar-refractivity contribution in [1.29, 1.82) is 0 Å². The number of nitrogens with zero attached hydrogens (tertiary/aromatic N) is 2. The van der Waals surface area contributed by atoms with Crippen molar-refractivity contribution in [2.45, 2.75) is 6.54 Å². The minimum atomic E-state index is 0.0890. The Bertz CT molecular complexity index is 413. The van der Waals surface area contributed by atoms with Crippen molar-refractivity contribution < 1.29 is 4.79 Å². The van der Waals surface area contributed by atoms with Crippen LogP contribution in [0.15, 0.2) is 24.3 Å². The first kappa shape index (κ1) is 14.3. The van der Waals surface area contributed by atoms with Crippen molar-refractivity contribution in [1.82, 2.24) is 15.1 Å². The lowest BCUT2D eigenvalue weighted by atomic mass is 10.2. The van der Waals surface area contributed by atoms with Crippen LogP contribution in [0.25, 0.3) is 0 Å². The van der Waals surface area contributed by atoms with Crippen molar-refractivity contribution in [2.24, 2.45) is 0 Å². The summed E-state index contributed by atoms with van der Waals surface area (Å²) in [4.78, 5) is 15.9. The molecule has 0 bridgehead atoms. The van der Waals surface area contributed by atoms with Gasteiger partial charge in [0.15, 0.2) is 0 Å². The van der Waals surface area contributed by atoms with E-state index in [9.17, 15) is 4.79 Å². The van der Waals surface area contributed by atoms with Gasteiger partial charge in [0.25, 0.3) is 0 Å². The predicted octanol–water partition coefficient (Wildman–Crippen LogP) is 1.20. The molecule has 1 fully saturated rings. The third kappa shape index (κ3) is 4.49. The molecule has 1 aliphatic rings. The van der Waals surface area contributed by atoms with Crippen LogP contribution in [0.4, 0.5) is 0 Å². The van der Waals surface area contributed by atoms with Crippen molar-refractivity contribution in [3.8, 4) is 0 Å². The molecule has 0 aromatic heterocycles. The van der Waals surface area contributed by atoms with Crippen molar-refractivity contribution in [2.75, 3.05) is 39.8 Å². The summed E-state index contributed by atoms with van der Waals surface area (Å²) in [7, 11) is 1.68. The van der Waals surface area contributed by atoms with E-state index in [2.05, 4.69) is 27.2 Å². The number of hydrogen-bond donors (Lipinski definition) is 1. The van der Waals surface area contributed by atoms with Crippen LogP contribution in [-0.2, 0) is 11.3 Å². The Balaban J connectivity index is 1.77. The maximum atomic E-state index is 11.3. The number of halogens is 1. The highest BCUT2D eigenvalue weighted by atomic mass is 35.5. The fourth-order valence-electron chi connectivity index (χ4n) is 2.24. The molecular formula is C14H20ClN3O. The molecule has 1 aromatic rings. The van der Waals surface area contributed by atoms with Crippen LogP contribution in [0.3, 0.4) is 0 Å². The summed E-state index contributed by atoms with van der Waals surface area (Å²) < 4.78 is 0. The van der Waals surface area contributed by atoms with Gasteiger partial charge in [-0.3, -0.25) is 14.6 Å². The predicted molar refractivity (Wildman–Crippen MR) is 77.2 cm³/mol. The monoisotopic (exact) mass is 281 g/mol. The van der Waals surface area contributed by atoms with Crippen LogP contribution < -0.4 is 5.32 Å². The number of carbonyl (C=O) groups is 1. The topological polar surface area (TPSA) is 35.6 Å². The molecule has 1 saturated heterocycles. The van der Waals surface area contributed by atoms with Crippen LogP contribution >= 0.6 is 11.6 Å². The van der Waals surface area contributed by atoms with E-state index in [1.165, 1.54) is 5.56 Å². The Hall–Kier alpha value is -1.10. The SMILES string of the molecule is CNC(=O)CN1CCN(Cc2ccc(Cl)cc2)CC1. The summed E-state index contributed by atoms with van der Waals surface area (Å²) in [6.07, 6.45) is 0. The van der Waals surface area contributed by atoms with Gasteiger partial charge < -0.3 is 5.32 Å². The first-order chi connectivity index (χ1) is 9.17. The number of likely N-dealkylation sites (N-methyl/N-ethyl adjacent to an activating group) is 1. The number of nitrogens with one attached hydrogen (secondary N) is 1. The summed E-state index contributed by atoms with van der Waals surface area (Å²) in [6, 6.07) is 8.00. The molecule has 0 radical (unpaired) electrons. The van der Waals surface area contributed by atoms with E-state index in [0.29, 0.717) is 6.54 Å². The second-order valence-corrected chi connectivity index (χ2v) is 5.29. The second-order valence-electron chi connectivity index (χ2n) is 4.85. The smallest absolute Gasteiger partial charge is 0.233 e. The molecular weight excluding hydrogens is 262 g/mol. The summed E-state index contributed by atoms with van der Waals surface area (Å²) in [5.74, 6) is 0.0890. The number of carbonyl (C=O) groups excluding carboxylic acids is 1. The lowest BCUT2D eigenvalue weighted by Gasteiger charge is -2.34. The number of rotatable bonds is 4. The van der Waals surface area contributed by atoms with Crippen molar-refractivity contribution in [3.05, 3.63) is 34.9 Å². The van der Waals surface area contributed by atoms with Crippen LogP contribution in [0.5, 0.6) is 0 Å². The third-order valence-corrected chi connectivity index (χ3v) is 3.68. The van der Waals surface area contributed by atoms with Gasteiger partial charge in [0.2, 0.25) is 5.91 Å². The highest BCUT2D eigenvalue weighted by Gasteiger charge is 2.18. The van der Waals surface area contributed by atoms with Gasteiger partial charge in [0.1, 0.15) is 0 Å². The zero-order chi connectivity index (χ0) is 13.7. The molecule has 1 aliphatic heterocycles. The van der Waals surface area contributed by atoms with Crippen molar-refractivity contribution >= 4 is 17.5 Å². The average Bonchev–Trinajstić information content (AvgIpc) is 2.43. The Morgan fingerprint density at radius 2 is 1.74 bits per heavy atom. The molecule has 0 aliphatic carbocycles. The van der Waals surface area contributed by atoms with Gasteiger partial charge in [-0.25, -0.2) is 0 Å². The number of piperazine rings is 1. The van der Waals surface area contributed by atoms with Gasteiger partial charge in [0, 0.05) is 44.8 Å². The van der Waals surface area contributed by atoms with Gasteiger partial charge in [0.05, 0.1) is 6.54 Å².